The second-order valence-electron chi connectivity index (χ2n) is 8.83. The molecule has 34 heavy (non-hydrogen) atoms. The fourth-order valence-electron chi connectivity index (χ4n) is 4.59. The summed E-state index contributed by atoms with van der Waals surface area (Å²) in [5.41, 5.74) is 5.97. The molecule has 0 fully saturated rings. The molecule has 0 amide bonds. The number of aromatic nitrogens is 3. The van der Waals surface area contributed by atoms with Gasteiger partial charge in [0.1, 0.15) is 22.8 Å². The number of phenols is 1. The van der Waals surface area contributed by atoms with E-state index in [1.165, 1.54) is 10.9 Å². The fraction of sp³-hybridized carbons (Fsp3) is 0.103. The van der Waals surface area contributed by atoms with Crippen LogP contribution >= 0.6 is 0 Å². The van der Waals surface area contributed by atoms with Crippen molar-refractivity contribution < 1.29 is 9.84 Å². The summed E-state index contributed by atoms with van der Waals surface area (Å²) in [6.07, 6.45) is 1.84. The van der Waals surface area contributed by atoms with Crippen molar-refractivity contribution in [3.05, 3.63) is 95.7 Å². The number of hydrogen-bond acceptors (Lipinski definition) is 4. The maximum atomic E-state index is 10.3. The molecule has 0 saturated heterocycles. The SMILES string of the molecule is Cc1ccnc(-n2c3ccc(C)cc3c3ccc(Oc4ccc5cc(C)cc(O)c5n4)cc32)c1. The van der Waals surface area contributed by atoms with Crippen molar-refractivity contribution >= 4 is 32.7 Å². The van der Waals surface area contributed by atoms with Crippen LogP contribution in [-0.4, -0.2) is 19.6 Å². The minimum atomic E-state index is 0.150. The quantitative estimate of drug-likeness (QED) is 0.314. The normalized spacial score (nSPS) is 11.5. The number of rotatable bonds is 3. The lowest BCUT2D eigenvalue weighted by molar-refractivity contribution is 0.460. The highest BCUT2D eigenvalue weighted by Gasteiger charge is 2.15. The fourth-order valence-corrected chi connectivity index (χ4v) is 4.59. The van der Waals surface area contributed by atoms with E-state index in [1.54, 1.807) is 6.07 Å². The predicted molar refractivity (Wildman–Crippen MR) is 136 cm³/mol. The lowest BCUT2D eigenvalue weighted by Gasteiger charge is -2.10. The summed E-state index contributed by atoms with van der Waals surface area (Å²) in [6.45, 7) is 6.12. The first-order valence-corrected chi connectivity index (χ1v) is 11.2. The molecule has 6 rings (SSSR count). The molecule has 0 unspecified atom stereocenters. The van der Waals surface area contributed by atoms with Crippen LogP contribution in [0, 0.1) is 20.8 Å². The zero-order chi connectivity index (χ0) is 23.4. The van der Waals surface area contributed by atoms with Gasteiger partial charge >= 0.3 is 0 Å². The molecule has 3 aromatic heterocycles. The first-order chi connectivity index (χ1) is 16.5. The van der Waals surface area contributed by atoms with E-state index in [0.29, 0.717) is 17.1 Å². The summed E-state index contributed by atoms with van der Waals surface area (Å²) in [5, 5.41) is 13.5. The Morgan fingerprint density at radius 1 is 0.735 bits per heavy atom. The van der Waals surface area contributed by atoms with E-state index in [1.807, 2.05) is 49.5 Å². The van der Waals surface area contributed by atoms with Crippen molar-refractivity contribution in [2.24, 2.45) is 0 Å². The van der Waals surface area contributed by atoms with Crippen molar-refractivity contribution in [1.82, 2.24) is 14.5 Å². The van der Waals surface area contributed by atoms with Gasteiger partial charge in [0.25, 0.3) is 0 Å². The van der Waals surface area contributed by atoms with Crippen LogP contribution in [0.15, 0.2) is 79.0 Å². The molecule has 0 aliphatic rings. The van der Waals surface area contributed by atoms with E-state index in [2.05, 4.69) is 58.7 Å². The molecular weight excluding hydrogens is 422 g/mol. The first-order valence-electron chi connectivity index (χ1n) is 11.2. The van der Waals surface area contributed by atoms with Gasteiger partial charge in [-0.1, -0.05) is 11.6 Å². The third-order valence-electron chi connectivity index (χ3n) is 6.14. The smallest absolute Gasteiger partial charge is 0.219 e. The van der Waals surface area contributed by atoms with Crippen LogP contribution in [0.5, 0.6) is 17.4 Å². The van der Waals surface area contributed by atoms with Gasteiger partial charge in [-0.25, -0.2) is 9.97 Å². The van der Waals surface area contributed by atoms with E-state index in [-0.39, 0.29) is 5.75 Å². The van der Waals surface area contributed by atoms with Crippen molar-refractivity contribution in [3.63, 3.8) is 0 Å². The van der Waals surface area contributed by atoms with Crippen molar-refractivity contribution in [3.8, 4) is 23.2 Å². The molecule has 0 bridgehead atoms. The van der Waals surface area contributed by atoms with Crippen molar-refractivity contribution in [2.45, 2.75) is 20.8 Å². The highest BCUT2D eigenvalue weighted by Crippen LogP contribution is 2.36. The Morgan fingerprint density at radius 3 is 2.44 bits per heavy atom. The van der Waals surface area contributed by atoms with Gasteiger partial charge in [0.05, 0.1) is 11.0 Å². The average Bonchev–Trinajstić information content (AvgIpc) is 3.12. The van der Waals surface area contributed by atoms with Crippen molar-refractivity contribution in [1.29, 1.82) is 0 Å². The van der Waals surface area contributed by atoms with Gasteiger partial charge in [-0.3, -0.25) is 4.57 Å². The molecule has 6 aromatic rings. The molecule has 0 saturated carbocycles. The molecule has 3 aromatic carbocycles. The predicted octanol–water partition coefficient (Wildman–Crippen LogP) is 7.15. The lowest BCUT2D eigenvalue weighted by Crippen LogP contribution is -1.97. The van der Waals surface area contributed by atoms with Crippen LogP contribution in [0.3, 0.4) is 0 Å². The Balaban J connectivity index is 1.52. The van der Waals surface area contributed by atoms with Crippen LogP contribution in [0.2, 0.25) is 0 Å². The van der Waals surface area contributed by atoms with Crippen LogP contribution in [0.1, 0.15) is 16.7 Å². The Hall–Kier alpha value is -4.38. The summed E-state index contributed by atoms with van der Waals surface area (Å²) < 4.78 is 8.33. The highest BCUT2D eigenvalue weighted by atomic mass is 16.5. The Labute approximate surface area is 196 Å². The summed E-state index contributed by atoms with van der Waals surface area (Å²) in [4.78, 5) is 9.20. The first kappa shape index (κ1) is 20.2. The highest BCUT2D eigenvalue weighted by molar-refractivity contribution is 6.09. The number of benzene rings is 3. The largest absolute Gasteiger partial charge is 0.506 e. The van der Waals surface area contributed by atoms with Crippen LogP contribution < -0.4 is 4.74 Å². The molecule has 5 nitrogen and oxygen atoms in total. The third kappa shape index (κ3) is 3.33. The monoisotopic (exact) mass is 445 g/mol. The number of fused-ring (bicyclic) bond motifs is 4. The second-order valence-corrected chi connectivity index (χ2v) is 8.83. The number of hydrogen-bond donors (Lipinski definition) is 1. The van der Waals surface area contributed by atoms with E-state index < -0.39 is 0 Å². The topological polar surface area (TPSA) is 60.2 Å². The van der Waals surface area contributed by atoms with Crippen LogP contribution in [0.25, 0.3) is 38.5 Å². The molecule has 0 atom stereocenters. The standard InChI is InChI=1S/C29H23N3O2/c1-17-4-8-24-23(13-17)22-7-6-21(16-25(22)32(24)27-15-18(2)10-11-30-27)34-28-9-5-20-12-19(3)14-26(33)29(20)31-28/h4-16,33H,1-3H3. The number of aryl methyl sites for hydroxylation is 3. The van der Waals surface area contributed by atoms with Gasteiger partial charge in [-0.15, -0.1) is 0 Å². The van der Waals surface area contributed by atoms with Gasteiger partial charge in [0.15, 0.2) is 0 Å². The van der Waals surface area contributed by atoms with Crippen LogP contribution in [-0.2, 0) is 0 Å². The molecule has 0 spiro atoms. The van der Waals surface area contributed by atoms with Gasteiger partial charge < -0.3 is 9.84 Å². The Kier molecular flexibility index (Phi) is 4.52. The molecule has 1 N–H and O–H groups in total. The number of phenolic OH excluding ortho intramolecular Hbond substituents is 1. The van der Waals surface area contributed by atoms with E-state index in [9.17, 15) is 5.11 Å². The summed E-state index contributed by atoms with van der Waals surface area (Å²) in [5.74, 6) is 2.11. The molecule has 0 aliphatic heterocycles. The van der Waals surface area contributed by atoms with Crippen molar-refractivity contribution in [2.75, 3.05) is 0 Å². The van der Waals surface area contributed by atoms with Gasteiger partial charge in [0, 0.05) is 34.5 Å². The molecular formula is C29H23N3O2. The number of nitrogens with zero attached hydrogens (tertiary/aromatic N) is 3. The molecule has 3 heterocycles. The minimum absolute atomic E-state index is 0.150. The Morgan fingerprint density at radius 2 is 1.59 bits per heavy atom. The average molecular weight is 446 g/mol. The second kappa shape index (κ2) is 7.59. The number of ether oxygens (including phenoxy) is 1. The zero-order valence-electron chi connectivity index (χ0n) is 19.2. The zero-order valence-corrected chi connectivity index (χ0v) is 19.2. The summed E-state index contributed by atoms with van der Waals surface area (Å²) >= 11 is 0. The van der Waals surface area contributed by atoms with Crippen LogP contribution in [0.4, 0.5) is 0 Å². The summed E-state index contributed by atoms with van der Waals surface area (Å²) in [6, 6.07) is 24.1. The summed E-state index contributed by atoms with van der Waals surface area (Å²) in [7, 11) is 0. The number of aromatic hydroxyl groups is 1. The number of pyridine rings is 2. The maximum Gasteiger partial charge on any atom is 0.219 e. The molecule has 5 heteroatoms. The molecule has 0 radical (unpaired) electrons. The lowest BCUT2D eigenvalue weighted by atomic mass is 10.1. The van der Waals surface area contributed by atoms with Gasteiger partial charge in [-0.05, 0) is 86.5 Å². The molecule has 166 valence electrons. The van der Waals surface area contributed by atoms with Gasteiger partial charge in [0.2, 0.25) is 5.88 Å². The van der Waals surface area contributed by atoms with E-state index in [0.717, 1.165) is 38.8 Å². The molecule has 0 aliphatic carbocycles. The maximum absolute atomic E-state index is 10.3. The Bertz CT molecular complexity index is 1730. The minimum Gasteiger partial charge on any atom is -0.506 e. The third-order valence-corrected chi connectivity index (χ3v) is 6.14. The van der Waals surface area contributed by atoms with Gasteiger partial charge in [-0.2, -0.15) is 0 Å². The van der Waals surface area contributed by atoms with E-state index in [4.69, 9.17) is 4.74 Å². The van der Waals surface area contributed by atoms with E-state index >= 15 is 0 Å².